The molecule has 35 heavy (non-hydrogen) atoms. The average molecular weight is 529 g/mol. The Morgan fingerprint density at radius 1 is 0.971 bits per heavy atom. The number of hydrogen-bond donors (Lipinski definition) is 2. The van der Waals surface area contributed by atoms with Crippen LogP contribution in [-0.4, -0.2) is 22.8 Å². The smallest absolute Gasteiger partial charge is 0.416 e. The molecule has 4 aromatic rings. The molecule has 182 valence electrons. The highest BCUT2D eigenvalue weighted by Crippen LogP contribution is 2.40. The van der Waals surface area contributed by atoms with Crippen molar-refractivity contribution >= 4 is 32.5 Å². The summed E-state index contributed by atoms with van der Waals surface area (Å²) in [5.74, 6) is -3.70. The first kappa shape index (κ1) is 24.3. The van der Waals surface area contributed by atoms with Crippen LogP contribution in [0.15, 0.2) is 59.9 Å². The Kier molecular flexibility index (Phi) is 6.29. The summed E-state index contributed by atoms with van der Waals surface area (Å²) < 4.78 is 105. The molecule has 0 aliphatic heterocycles. The molecule has 2 aromatic carbocycles. The molecule has 0 spiro atoms. The van der Waals surface area contributed by atoms with E-state index in [1.54, 1.807) is 0 Å². The maximum absolute atomic E-state index is 14.8. The molecule has 2 heterocycles. The van der Waals surface area contributed by atoms with E-state index in [9.17, 15) is 30.4 Å². The van der Waals surface area contributed by atoms with Gasteiger partial charge in [-0.1, -0.05) is 0 Å². The zero-order chi connectivity index (χ0) is 25.4. The SMILES string of the molecule is Nc1cc(-c2cc(C(F)(F)F)ccc2Oc2cc(F)c(S(=O)(=O)Nc3ncns3)cc2F)ccn1. The first-order valence-electron chi connectivity index (χ1n) is 9.33. The van der Waals surface area contributed by atoms with Crippen molar-refractivity contribution < 1.29 is 35.1 Å². The summed E-state index contributed by atoms with van der Waals surface area (Å²) in [5.41, 5.74) is 4.63. The van der Waals surface area contributed by atoms with Crippen LogP contribution in [0.2, 0.25) is 0 Å². The lowest BCUT2D eigenvalue weighted by atomic mass is 10.0. The maximum Gasteiger partial charge on any atom is 0.416 e. The fourth-order valence-electron chi connectivity index (χ4n) is 2.94. The second-order valence-electron chi connectivity index (χ2n) is 6.85. The predicted molar refractivity (Wildman–Crippen MR) is 116 cm³/mol. The molecule has 15 heteroatoms. The van der Waals surface area contributed by atoms with Crippen LogP contribution in [0, 0.1) is 11.6 Å². The van der Waals surface area contributed by atoms with E-state index in [0.717, 1.165) is 18.5 Å². The van der Waals surface area contributed by atoms with E-state index in [1.807, 2.05) is 4.72 Å². The molecule has 0 aliphatic carbocycles. The van der Waals surface area contributed by atoms with Crippen LogP contribution < -0.4 is 15.2 Å². The second-order valence-corrected chi connectivity index (χ2v) is 9.28. The Morgan fingerprint density at radius 2 is 1.74 bits per heavy atom. The fourth-order valence-corrected chi connectivity index (χ4v) is 4.67. The molecule has 0 fully saturated rings. The van der Waals surface area contributed by atoms with Crippen LogP contribution in [0.3, 0.4) is 0 Å². The number of ether oxygens (including phenoxy) is 1. The van der Waals surface area contributed by atoms with Gasteiger partial charge in [-0.2, -0.15) is 17.5 Å². The number of rotatable bonds is 6. The van der Waals surface area contributed by atoms with Gasteiger partial charge in [-0.3, -0.25) is 4.72 Å². The van der Waals surface area contributed by atoms with Crippen molar-refractivity contribution in [1.82, 2.24) is 14.3 Å². The standard InChI is InChI=1S/C20H12F5N5O3S2/c21-13-8-17(35(31,32)30-19-28-9-29-34-19)14(22)7-16(13)33-15-2-1-11(20(23,24)25)6-12(15)10-3-4-27-18(26)5-10/h1-9H,(H2,26,27)(H,28,29,30). The molecule has 0 aliphatic rings. The van der Waals surface area contributed by atoms with Gasteiger partial charge in [-0.15, -0.1) is 0 Å². The van der Waals surface area contributed by atoms with Gasteiger partial charge < -0.3 is 10.5 Å². The van der Waals surface area contributed by atoms with Crippen molar-refractivity contribution in [2.75, 3.05) is 10.5 Å². The maximum atomic E-state index is 14.8. The normalized spacial score (nSPS) is 11.9. The number of halogens is 5. The molecule has 0 atom stereocenters. The predicted octanol–water partition coefficient (Wildman–Crippen LogP) is 5.07. The Balaban J connectivity index is 1.74. The van der Waals surface area contributed by atoms with Crippen molar-refractivity contribution in [3.63, 3.8) is 0 Å². The van der Waals surface area contributed by atoms with E-state index >= 15 is 0 Å². The summed E-state index contributed by atoms with van der Waals surface area (Å²) in [6, 6.07) is 5.84. The number of alkyl halides is 3. The minimum atomic E-state index is -4.70. The van der Waals surface area contributed by atoms with E-state index in [-0.39, 0.29) is 27.8 Å². The van der Waals surface area contributed by atoms with Gasteiger partial charge in [-0.05, 0) is 35.9 Å². The minimum Gasteiger partial charge on any atom is -0.454 e. The molecule has 8 nitrogen and oxygen atoms in total. The topological polar surface area (TPSA) is 120 Å². The number of nitrogen functional groups attached to an aromatic ring is 1. The number of nitrogens with two attached hydrogens (primary N) is 1. The number of sulfonamides is 1. The van der Waals surface area contributed by atoms with Gasteiger partial charge in [0, 0.05) is 35.4 Å². The summed E-state index contributed by atoms with van der Waals surface area (Å²) in [6.45, 7) is 0. The lowest BCUT2D eigenvalue weighted by Gasteiger charge is -2.16. The number of benzene rings is 2. The van der Waals surface area contributed by atoms with E-state index in [2.05, 4.69) is 14.3 Å². The zero-order valence-corrected chi connectivity index (χ0v) is 18.7. The van der Waals surface area contributed by atoms with E-state index in [4.69, 9.17) is 10.5 Å². The highest BCUT2D eigenvalue weighted by Gasteiger charge is 2.32. The van der Waals surface area contributed by atoms with Gasteiger partial charge in [0.25, 0.3) is 10.0 Å². The number of aromatic nitrogens is 3. The Labute approximate surface area is 198 Å². The van der Waals surface area contributed by atoms with Gasteiger partial charge in [0.15, 0.2) is 11.6 Å². The van der Waals surface area contributed by atoms with E-state index < -0.39 is 44.0 Å². The second kappa shape index (κ2) is 9.07. The molecule has 0 unspecified atom stereocenters. The third-order valence-corrected chi connectivity index (χ3v) is 6.54. The van der Waals surface area contributed by atoms with Crippen molar-refractivity contribution in [1.29, 1.82) is 0 Å². The van der Waals surface area contributed by atoms with Gasteiger partial charge >= 0.3 is 6.18 Å². The summed E-state index contributed by atoms with van der Waals surface area (Å²) in [7, 11) is -4.56. The molecule has 2 aromatic heterocycles. The highest BCUT2D eigenvalue weighted by molar-refractivity contribution is 7.93. The van der Waals surface area contributed by atoms with Crippen LogP contribution >= 0.6 is 11.5 Å². The quantitative estimate of drug-likeness (QED) is 0.335. The highest BCUT2D eigenvalue weighted by atomic mass is 32.2. The average Bonchev–Trinajstić information content (AvgIpc) is 3.27. The summed E-state index contributed by atoms with van der Waals surface area (Å²) in [5, 5.41) is -0.170. The van der Waals surface area contributed by atoms with Gasteiger partial charge in [0.05, 0.1) is 5.56 Å². The third kappa shape index (κ3) is 5.30. The number of anilines is 2. The Bertz CT molecular complexity index is 1500. The molecule has 0 radical (unpaired) electrons. The minimum absolute atomic E-state index is 0.000534. The number of hydrogen-bond acceptors (Lipinski definition) is 8. The zero-order valence-electron chi connectivity index (χ0n) is 17.0. The molecule has 0 saturated heterocycles. The van der Waals surface area contributed by atoms with Gasteiger partial charge in [0.1, 0.15) is 28.6 Å². The summed E-state index contributed by atoms with van der Waals surface area (Å²) in [4.78, 5) is 6.34. The summed E-state index contributed by atoms with van der Waals surface area (Å²) >= 11 is 0.677. The van der Waals surface area contributed by atoms with Gasteiger partial charge in [-0.25, -0.2) is 27.2 Å². The lowest BCUT2D eigenvalue weighted by Crippen LogP contribution is -2.15. The molecule has 0 bridgehead atoms. The molecule has 0 saturated carbocycles. The van der Waals surface area contributed by atoms with Crippen LogP contribution in [0.25, 0.3) is 11.1 Å². The molecular weight excluding hydrogens is 517 g/mol. The third-order valence-electron chi connectivity index (χ3n) is 4.48. The van der Waals surface area contributed by atoms with Crippen molar-refractivity contribution in [3.05, 3.63) is 72.2 Å². The van der Waals surface area contributed by atoms with E-state index in [0.29, 0.717) is 29.7 Å². The van der Waals surface area contributed by atoms with Crippen molar-refractivity contribution in [2.45, 2.75) is 11.1 Å². The largest absolute Gasteiger partial charge is 0.454 e. The summed E-state index contributed by atoms with van der Waals surface area (Å²) in [6.07, 6.45) is -2.38. The van der Waals surface area contributed by atoms with E-state index in [1.165, 1.54) is 18.3 Å². The lowest BCUT2D eigenvalue weighted by molar-refractivity contribution is -0.137. The Hall–Kier alpha value is -3.85. The molecular formula is C20H12F5N5O3S2. The van der Waals surface area contributed by atoms with Crippen molar-refractivity contribution in [2.24, 2.45) is 0 Å². The number of nitrogens with zero attached hydrogens (tertiary/aromatic N) is 3. The number of nitrogens with one attached hydrogen (secondary N) is 1. The van der Waals surface area contributed by atoms with Gasteiger partial charge in [0.2, 0.25) is 5.13 Å². The molecule has 4 rings (SSSR count). The molecule has 0 amide bonds. The monoisotopic (exact) mass is 529 g/mol. The first-order valence-corrected chi connectivity index (χ1v) is 11.6. The van der Waals surface area contributed by atoms with Crippen LogP contribution in [0.1, 0.15) is 5.56 Å². The van der Waals surface area contributed by atoms with Crippen LogP contribution in [0.4, 0.5) is 32.9 Å². The van der Waals surface area contributed by atoms with Crippen molar-refractivity contribution in [3.8, 4) is 22.6 Å². The Morgan fingerprint density at radius 3 is 2.40 bits per heavy atom. The van der Waals surface area contributed by atoms with Crippen LogP contribution in [-0.2, 0) is 16.2 Å². The molecule has 3 N–H and O–H groups in total. The van der Waals surface area contributed by atoms with Crippen LogP contribution in [0.5, 0.6) is 11.5 Å². The number of pyridine rings is 1. The fraction of sp³-hybridized carbons (Fsp3) is 0.0500. The first-order chi connectivity index (χ1) is 16.4.